The van der Waals surface area contributed by atoms with Gasteiger partial charge in [0.25, 0.3) is 0 Å². The van der Waals surface area contributed by atoms with Crippen LogP contribution in [0.15, 0.2) is 43.1 Å². The van der Waals surface area contributed by atoms with Crippen LogP contribution < -0.4 is 0 Å². The molecule has 0 atom stereocenters. The van der Waals surface area contributed by atoms with Crippen molar-refractivity contribution in [3.8, 4) is 5.69 Å². The molecule has 0 saturated carbocycles. The van der Waals surface area contributed by atoms with Crippen LogP contribution in [0.4, 0.5) is 0 Å². The Morgan fingerprint density at radius 3 is 2.87 bits per heavy atom. The Kier molecular flexibility index (Phi) is 4.53. The van der Waals surface area contributed by atoms with Gasteiger partial charge in [0.1, 0.15) is 5.82 Å². The first kappa shape index (κ1) is 15.8. The van der Waals surface area contributed by atoms with Gasteiger partial charge in [0.2, 0.25) is 0 Å². The Balaban J connectivity index is 0.00000156. The van der Waals surface area contributed by atoms with E-state index in [1.165, 1.54) is 36.1 Å². The van der Waals surface area contributed by atoms with Crippen molar-refractivity contribution in [1.29, 1.82) is 0 Å². The average Bonchev–Trinajstić information content (AvgIpc) is 3.27. The minimum atomic E-state index is 0. The number of aryl methyl sites for hydroxylation is 3. The van der Waals surface area contributed by atoms with Gasteiger partial charge in [0, 0.05) is 30.7 Å². The van der Waals surface area contributed by atoms with Crippen molar-refractivity contribution < 1.29 is 0 Å². The molecule has 0 fully saturated rings. The number of halogens is 1. The van der Waals surface area contributed by atoms with Crippen LogP contribution in [0.5, 0.6) is 0 Å². The predicted molar refractivity (Wildman–Crippen MR) is 93.5 cm³/mol. The van der Waals surface area contributed by atoms with Crippen LogP contribution in [-0.2, 0) is 25.8 Å². The zero-order valence-corrected chi connectivity index (χ0v) is 14.1. The number of rotatable bonds is 4. The fourth-order valence-electron chi connectivity index (χ4n) is 3.28. The fourth-order valence-corrected chi connectivity index (χ4v) is 3.28. The Labute approximate surface area is 142 Å². The predicted octanol–water partition coefficient (Wildman–Crippen LogP) is 3.59. The van der Waals surface area contributed by atoms with Crippen LogP contribution in [0, 0.1) is 0 Å². The van der Waals surface area contributed by atoms with E-state index in [0.29, 0.717) is 0 Å². The molecule has 23 heavy (non-hydrogen) atoms. The molecule has 2 aromatic heterocycles. The van der Waals surface area contributed by atoms with E-state index in [0.717, 1.165) is 24.5 Å². The summed E-state index contributed by atoms with van der Waals surface area (Å²) in [6.45, 7) is 2.91. The summed E-state index contributed by atoms with van der Waals surface area (Å²) in [5.41, 5.74) is 5.28. The molecule has 1 aromatic carbocycles. The maximum absolute atomic E-state index is 4.55. The number of aromatic nitrogens is 4. The first-order valence-corrected chi connectivity index (χ1v) is 7.98. The first-order chi connectivity index (χ1) is 10.8. The molecule has 0 saturated heterocycles. The van der Waals surface area contributed by atoms with E-state index in [1.807, 2.05) is 18.7 Å². The van der Waals surface area contributed by atoms with Gasteiger partial charge < -0.3 is 9.13 Å². The smallest absolute Gasteiger partial charge is 0.108 e. The number of hydrogen-bond acceptors (Lipinski definition) is 2. The largest absolute Gasteiger partial charge is 0.329 e. The van der Waals surface area contributed by atoms with Crippen molar-refractivity contribution in [3.05, 3.63) is 65.8 Å². The summed E-state index contributed by atoms with van der Waals surface area (Å²) in [6, 6.07) is 6.77. The number of imidazole rings is 2. The zero-order chi connectivity index (χ0) is 14.9. The topological polar surface area (TPSA) is 35.6 Å². The van der Waals surface area contributed by atoms with Gasteiger partial charge in [-0.1, -0.05) is 13.0 Å². The van der Waals surface area contributed by atoms with Crippen molar-refractivity contribution in [2.75, 3.05) is 0 Å². The SMILES string of the molecule is CCc1nccn1Cc1cn(-c2ccc3c(c2)CCC3)cn1.Cl. The van der Waals surface area contributed by atoms with Gasteiger partial charge in [-0.25, -0.2) is 9.97 Å². The molecule has 5 heteroatoms. The highest BCUT2D eigenvalue weighted by molar-refractivity contribution is 5.85. The monoisotopic (exact) mass is 328 g/mol. The van der Waals surface area contributed by atoms with Gasteiger partial charge >= 0.3 is 0 Å². The number of hydrogen-bond donors (Lipinski definition) is 0. The molecule has 1 aliphatic rings. The van der Waals surface area contributed by atoms with Gasteiger partial charge in [-0.05, 0) is 42.5 Å². The van der Waals surface area contributed by atoms with E-state index in [4.69, 9.17) is 0 Å². The lowest BCUT2D eigenvalue weighted by Gasteiger charge is -2.06. The molecule has 4 nitrogen and oxygen atoms in total. The van der Waals surface area contributed by atoms with Crippen molar-refractivity contribution in [2.45, 2.75) is 39.2 Å². The second-order valence-corrected chi connectivity index (χ2v) is 5.90. The molecule has 4 rings (SSSR count). The van der Waals surface area contributed by atoms with Crippen molar-refractivity contribution >= 4 is 12.4 Å². The first-order valence-electron chi connectivity index (χ1n) is 7.98. The zero-order valence-electron chi connectivity index (χ0n) is 13.3. The highest BCUT2D eigenvalue weighted by Gasteiger charge is 2.12. The Morgan fingerprint density at radius 2 is 2.00 bits per heavy atom. The Bertz CT molecular complexity index is 803. The van der Waals surface area contributed by atoms with E-state index in [1.54, 1.807) is 0 Å². The number of nitrogens with zero attached hydrogens (tertiary/aromatic N) is 4. The molecule has 0 aliphatic heterocycles. The molecule has 0 bridgehead atoms. The van der Waals surface area contributed by atoms with E-state index in [2.05, 4.69) is 50.4 Å². The van der Waals surface area contributed by atoms with Crippen molar-refractivity contribution in [2.24, 2.45) is 0 Å². The average molecular weight is 329 g/mol. The van der Waals surface area contributed by atoms with Gasteiger partial charge in [0.05, 0.1) is 18.6 Å². The number of benzene rings is 1. The second-order valence-electron chi connectivity index (χ2n) is 5.90. The van der Waals surface area contributed by atoms with Crippen LogP contribution in [0.1, 0.15) is 36.0 Å². The third-order valence-electron chi connectivity index (χ3n) is 4.47. The Morgan fingerprint density at radius 1 is 1.13 bits per heavy atom. The maximum atomic E-state index is 4.55. The van der Waals surface area contributed by atoms with E-state index in [9.17, 15) is 0 Å². The molecule has 0 radical (unpaired) electrons. The van der Waals surface area contributed by atoms with Gasteiger partial charge in [0.15, 0.2) is 0 Å². The van der Waals surface area contributed by atoms with Crippen LogP contribution in [-0.4, -0.2) is 19.1 Å². The summed E-state index contributed by atoms with van der Waals surface area (Å²) in [5, 5.41) is 0. The highest BCUT2D eigenvalue weighted by Crippen LogP contribution is 2.24. The van der Waals surface area contributed by atoms with Crippen LogP contribution in [0.3, 0.4) is 0 Å². The minimum Gasteiger partial charge on any atom is -0.329 e. The summed E-state index contributed by atoms with van der Waals surface area (Å²) < 4.78 is 4.28. The van der Waals surface area contributed by atoms with E-state index < -0.39 is 0 Å². The minimum absolute atomic E-state index is 0. The quantitative estimate of drug-likeness (QED) is 0.733. The summed E-state index contributed by atoms with van der Waals surface area (Å²) in [7, 11) is 0. The molecule has 3 aromatic rings. The van der Waals surface area contributed by atoms with Gasteiger partial charge in [-0.2, -0.15) is 0 Å². The molecule has 2 heterocycles. The van der Waals surface area contributed by atoms with Gasteiger partial charge in [-0.15, -0.1) is 12.4 Å². The van der Waals surface area contributed by atoms with Crippen molar-refractivity contribution in [1.82, 2.24) is 19.1 Å². The summed E-state index contributed by atoms with van der Waals surface area (Å²) >= 11 is 0. The highest BCUT2D eigenvalue weighted by atomic mass is 35.5. The van der Waals surface area contributed by atoms with Crippen LogP contribution >= 0.6 is 12.4 Å². The lowest BCUT2D eigenvalue weighted by atomic mass is 10.1. The van der Waals surface area contributed by atoms with E-state index >= 15 is 0 Å². The molecule has 1 aliphatic carbocycles. The third-order valence-corrected chi connectivity index (χ3v) is 4.47. The molecule has 0 N–H and O–H groups in total. The third kappa shape index (κ3) is 3.04. The van der Waals surface area contributed by atoms with E-state index in [-0.39, 0.29) is 12.4 Å². The van der Waals surface area contributed by atoms with Crippen LogP contribution in [0.25, 0.3) is 5.69 Å². The molecule has 0 spiro atoms. The molecule has 120 valence electrons. The number of fused-ring (bicyclic) bond motifs is 1. The Hall–Kier alpha value is -2.07. The second kappa shape index (κ2) is 6.59. The lowest BCUT2D eigenvalue weighted by Crippen LogP contribution is -2.03. The normalized spacial score (nSPS) is 12.9. The lowest BCUT2D eigenvalue weighted by molar-refractivity contribution is 0.719. The summed E-state index contributed by atoms with van der Waals surface area (Å²) in [5.74, 6) is 1.10. The maximum Gasteiger partial charge on any atom is 0.108 e. The molecular weight excluding hydrogens is 308 g/mol. The fraction of sp³-hybridized carbons (Fsp3) is 0.333. The molecule has 0 amide bonds. The standard InChI is InChI=1S/C18H20N4.ClH/c1-2-18-19-8-9-21(18)11-16-12-22(13-20-16)17-7-6-14-4-3-5-15(14)10-17;/h6-10,12-13H,2-5,11H2,1H3;1H. The van der Waals surface area contributed by atoms with Gasteiger partial charge in [-0.3, -0.25) is 0 Å². The molecule has 0 unspecified atom stereocenters. The van der Waals surface area contributed by atoms with Crippen LogP contribution in [0.2, 0.25) is 0 Å². The molecular formula is C18H21ClN4. The summed E-state index contributed by atoms with van der Waals surface area (Å²) in [6.07, 6.45) is 12.6. The van der Waals surface area contributed by atoms with Crippen molar-refractivity contribution in [3.63, 3.8) is 0 Å². The summed E-state index contributed by atoms with van der Waals surface area (Å²) in [4.78, 5) is 8.91.